The van der Waals surface area contributed by atoms with Crippen LogP contribution in [-0.4, -0.2) is 9.97 Å². The lowest BCUT2D eigenvalue weighted by atomic mass is 10.4. The fourth-order valence-corrected chi connectivity index (χ4v) is 1.83. The number of nitrogen functional groups attached to an aromatic ring is 1. The molecule has 2 aromatic heterocycles. The number of hydrogen-bond acceptors (Lipinski definition) is 6. The van der Waals surface area contributed by atoms with E-state index in [-0.39, 0.29) is 0 Å². The third kappa shape index (κ3) is 2.68. The smallest absolute Gasteiger partial charge is 0.240 e. The van der Waals surface area contributed by atoms with E-state index >= 15 is 0 Å². The summed E-state index contributed by atoms with van der Waals surface area (Å²) in [6.07, 6.45) is 0. The summed E-state index contributed by atoms with van der Waals surface area (Å²) in [5, 5.41) is 2.01. The van der Waals surface area contributed by atoms with Crippen LogP contribution in [0.15, 0.2) is 23.6 Å². The van der Waals surface area contributed by atoms with Crippen molar-refractivity contribution in [1.82, 2.24) is 9.97 Å². The van der Waals surface area contributed by atoms with Gasteiger partial charge in [0, 0.05) is 16.6 Å². The summed E-state index contributed by atoms with van der Waals surface area (Å²) in [5.41, 5.74) is 3.21. The number of rotatable bonds is 4. The van der Waals surface area contributed by atoms with Gasteiger partial charge in [0.25, 0.3) is 0 Å². The SMILES string of the molecule is Cc1cc(OCc2cccs2)nc(NN)n1. The molecule has 0 aliphatic carbocycles. The molecule has 0 bridgehead atoms. The maximum absolute atomic E-state index is 5.54. The Hall–Kier alpha value is -1.66. The third-order valence-corrected chi connectivity index (χ3v) is 2.75. The van der Waals surface area contributed by atoms with Gasteiger partial charge in [-0.2, -0.15) is 4.98 Å². The standard InChI is InChI=1S/C10H12N4OS/c1-7-5-9(13-10(12-7)14-11)15-6-8-3-2-4-16-8/h2-5H,6,11H2,1H3,(H,12,13,14). The fraction of sp³-hybridized carbons (Fsp3) is 0.200. The van der Waals surface area contributed by atoms with Crippen molar-refractivity contribution in [3.05, 3.63) is 34.2 Å². The second-order valence-corrected chi connectivity index (χ2v) is 4.22. The summed E-state index contributed by atoms with van der Waals surface area (Å²) < 4.78 is 5.54. The highest BCUT2D eigenvalue weighted by Crippen LogP contribution is 2.15. The Morgan fingerprint density at radius 3 is 3.06 bits per heavy atom. The van der Waals surface area contributed by atoms with Crippen molar-refractivity contribution in [1.29, 1.82) is 0 Å². The molecular formula is C10H12N4OS. The third-order valence-electron chi connectivity index (χ3n) is 1.90. The van der Waals surface area contributed by atoms with E-state index in [1.165, 1.54) is 0 Å². The van der Waals surface area contributed by atoms with Gasteiger partial charge in [-0.05, 0) is 18.4 Å². The molecule has 2 rings (SSSR count). The number of thiophene rings is 1. The molecule has 0 radical (unpaired) electrons. The molecule has 0 saturated heterocycles. The number of nitrogens with one attached hydrogen (secondary N) is 1. The van der Waals surface area contributed by atoms with Crippen LogP contribution in [0.2, 0.25) is 0 Å². The summed E-state index contributed by atoms with van der Waals surface area (Å²) in [4.78, 5) is 9.31. The minimum atomic E-state index is 0.362. The zero-order valence-electron chi connectivity index (χ0n) is 8.80. The van der Waals surface area contributed by atoms with Gasteiger partial charge in [0.2, 0.25) is 11.8 Å². The largest absolute Gasteiger partial charge is 0.472 e. The van der Waals surface area contributed by atoms with E-state index in [1.807, 2.05) is 24.4 Å². The van der Waals surface area contributed by atoms with Gasteiger partial charge < -0.3 is 4.74 Å². The Bertz CT molecular complexity index is 458. The van der Waals surface area contributed by atoms with Crippen molar-refractivity contribution in [3.8, 4) is 5.88 Å². The molecule has 2 aromatic rings. The molecule has 0 unspecified atom stereocenters. The number of nitrogens with zero attached hydrogens (tertiary/aromatic N) is 2. The predicted molar refractivity (Wildman–Crippen MR) is 63.2 cm³/mol. The topological polar surface area (TPSA) is 73.1 Å². The summed E-state index contributed by atoms with van der Waals surface area (Å²) >= 11 is 1.65. The summed E-state index contributed by atoms with van der Waals surface area (Å²) in [5.74, 6) is 6.13. The first-order chi connectivity index (χ1) is 7.78. The first-order valence-corrected chi connectivity index (χ1v) is 5.63. The van der Waals surface area contributed by atoms with Crippen molar-refractivity contribution >= 4 is 17.3 Å². The normalized spacial score (nSPS) is 10.1. The van der Waals surface area contributed by atoms with Gasteiger partial charge in [-0.25, -0.2) is 10.8 Å². The molecule has 84 valence electrons. The van der Waals surface area contributed by atoms with Crippen molar-refractivity contribution in [2.24, 2.45) is 5.84 Å². The average Bonchev–Trinajstić information content (AvgIpc) is 2.78. The maximum Gasteiger partial charge on any atom is 0.240 e. The van der Waals surface area contributed by atoms with Gasteiger partial charge in [-0.15, -0.1) is 11.3 Å². The number of nitrogens with two attached hydrogens (primary N) is 1. The van der Waals surface area contributed by atoms with Gasteiger partial charge in [0.15, 0.2) is 0 Å². The molecule has 0 fully saturated rings. The summed E-state index contributed by atoms with van der Waals surface area (Å²) in [7, 11) is 0. The van der Waals surface area contributed by atoms with Gasteiger partial charge in [-0.1, -0.05) is 6.07 Å². The zero-order valence-corrected chi connectivity index (χ0v) is 9.62. The average molecular weight is 236 g/mol. The number of aryl methyl sites for hydroxylation is 1. The van der Waals surface area contributed by atoms with Crippen molar-refractivity contribution in [2.75, 3.05) is 5.43 Å². The number of hydrogen-bond donors (Lipinski definition) is 2. The Morgan fingerprint density at radius 1 is 1.50 bits per heavy atom. The van der Waals surface area contributed by atoms with Gasteiger partial charge in [0.05, 0.1) is 0 Å². The van der Waals surface area contributed by atoms with E-state index in [4.69, 9.17) is 10.6 Å². The number of aromatic nitrogens is 2. The highest BCUT2D eigenvalue weighted by molar-refractivity contribution is 7.09. The van der Waals surface area contributed by atoms with Crippen LogP contribution in [0.25, 0.3) is 0 Å². The molecule has 16 heavy (non-hydrogen) atoms. The first kappa shape index (κ1) is 10.8. The summed E-state index contributed by atoms with van der Waals surface area (Å²) in [6, 6.07) is 5.77. The minimum absolute atomic E-state index is 0.362. The Labute approximate surface area is 97.3 Å². The molecule has 2 heterocycles. The molecule has 0 spiro atoms. The van der Waals surface area contributed by atoms with Gasteiger partial charge in [0.1, 0.15) is 6.61 Å². The Balaban J connectivity index is 2.06. The Kier molecular flexibility index (Phi) is 3.33. The van der Waals surface area contributed by atoms with Crippen molar-refractivity contribution in [2.45, 2.75) is 13.5 Å². The number of ether oxygens (including phenoxy) is 1. The van der Waals surface area contributed by atoms with Crippen LogP contribution in [0.1, 0.15) is 10.6 Å². The number of hydrazine groups is 1. The van der Waals surface area contributed by atoms with Crippen molar-refractivity contribution in [3.63, 3.8) is 0 Å². The fourth-order valence-electron chi connectivity index (χ4n) is 1.22. The molecule has 3 N–H and O–H groups in total. The van der Waals surface area contributed by atoms with Gasteiger partial charge >= 0.3 is 0 Å². The van der Waals surface area contributed by atoms with Crippen LogP contribution in [0.4, 0.5) is 5.95 Å². The van der Waals surface area contributed by atoms with Crippen LogP contribution in [-0.2, 0) is 6.61 Å². The predicted octanol–water partition coefficient (Wildman–Crippen LogP) is 1.71. The lowest BCUT2D eigenvalue weighted by Gasteiger charge is -2.06. The molecule has 0 amide bonds. The van der Waals surface area contributed by atoms with Crippen LogP contribution in [0.5, 0.6) is 5.88 Å². The molecule has 0 saturated carbocycles. The molecule has 0 aliphatic rings. The quantitative estimate of drug-likeness (QED) is 0.624. The monoisotopic (exact) mass is 236 g/mol. The molecule has 5 nitrogen and oxygen atoms in total. The minimum Gasteiger partial charge on any atom is -0.472 e. The van der Waals surface area contributed by atoms with Crippen LogP contribution in [0, 0.1) is 6.92 Å². The van der Waals surface area contributed by atoms with E-state index in [1.54, 1.807) is 17.4 Å². The van der Waals surface area contributed by atoms with Crippen LogP contribution >= 0.6 is 11.3 Å². The maximum atomic E-state index is 5.54. The van der Waals surface area contributed by atoms with Gasteiger partial charge in [-0.3, -0.25) is 5.43 Å². The van der Waals surface area contributed by atoms with E-state index in [2.05, 4.69) is 15.4 Å². The molecular weight excluding hydrogens is 224 g/mol. The summed E-state index contributed by atoms with van der Waals surface area (Å²) in [6.45, 7) is 2.37. The molecule has 0 aromatic carbocycles. The van der Waals surface area contributed by atoms with E-state index in [0.717, 1.165) is 10.6 Å². The van der Waals surface area contributed by atoms with E-state index in [9.17, 15) is 0 Å². The first-order valence-electron chi connectivity index (χ1n) is 4.75. The second-order valence-electron chi connectivity index (χ2n) is 3.18. The van der Waals surface area contributed by atoms with E-state index in [0.29, 0.717) is 18.4 Å². The van der Waals surface area contributed by atoms with E-state index < -0.39 is 0 Å². The Morgan fingerprint density at radius 2 is 2.38 bits per heavy atom. The van der Waals surface area contributed by atoms with Crippen molar-refractivity contribution < 1.29 is 4.74 Å². The molecule has 6 heteroatoms. The van der Waals surface area contributed by atoms with Crippen LogP contribution in [0.3, 0.4) is 0 Å². The lowest BCUT2D eigenvalue weighted by molar-refractivity contribution is 0.297. The lowest BCUT2D eigenvalue weighted by Crippen LogP contribution is -2.11. The second kappa shape index (κ2) is 4.91. The zero-order chi connectivity index (χ0) is 11.4. The highest BCUT2D eigenvalue weighted by Gasteiger charge is 2.02. The highest BCUT2D eigenvalue weighted by atomic mass is 32.1. The molecule has 0 aliphatic heterocycles. The molecule has 0 atom stereocenters. The number of anilines is 1. The van der Waals surface area contributed by atoms with Crippen LogP contribution < -0.4 is 16.0 Å².